The Bertz CT molecular complexity index is 3260. The van der Waals surface area contributed by atoms with E-state index < -0.39 is 5.41 Å². The lowest BCUT2D eigenvalue weighted by Crippen LogP contribution is -2.28. The summed E-state index contributed by atoms with van der Waals surface area (Å²) < 4.78 is 0. The van der Waals surface area contributed by atoms with Crippen LogP contribution >= 0.6 is 0 Å². The summed E-state index contributed by atoms with van der Waals surface area (Å²) in [5, 5.41) is 5.18. The van der Waals surface area contributed by atoms with E-state index in [2.05, 4.69) is 235 Å². The fourth-order valence-corrected chi connectivity index (χ4v) is 11.4. The van der Waals surface area contributed by atoms with Crippen molar-refractivity contribution in [3.63, 3.8) is 0 Å². The average Bonchev–Trinajstić information content (AvgIpc) is 3.67. The van der Waals surface area contributed by atoms with Crippen LogP contribution in [0.4, 0.5) is 17.1 Å². The van der Waals surface area contributed by atoms with Crippen molar-refractivity contribution in [1.82, 2.24) is 0 Å². The molecule has 0 amide bonds. The topological polar surface area (TPSA) is 3.24 Å². The molecule has 0 unspecified atom stereocenters. The first-order valence-electron chi connectivity index (χ1n) is 23.1. The van der Waals surface area contributed by atoms with Crippen molar-refractivity contribution in [3.05, 3.63) is 258 Å². The van der Waals surface area contributed by atoms with Crippen LogP contribution in [0.5, 0.6) is 0 Å². The summed E-state index contributed by atoms with van der Waals surface area (Å²) in [4.78, 5) is 2.47. The molecule has 10 aromatic carbocycles. The standard InChI is InChI=1S/C63H49N/c1-4-19-46(20-5-1)54-30-16-22-47-23-17-31-58(62(47)54)57-29-13-15-33-61(57)64(53-40-36-44-18-10-11-21-48(44)42-53)52-38-34-45(35-39-52)49-37-41-56-55-28-12-14-32-59(55)63(60(56)43-49,50-24-6-2-7-25-50)51-26-8-3-9-27-51/h2-3,6-18,21-43,46H,1,4-5,19-20H2. The first-order chi connectivity index (χ1) is 31.8. The molecule has 64 heavy (non-hydrogen) atoms. The minimum absolute atomic E-state index is 0.445. The summed E-state index contributed by atoms with van der Waals surface area (Å²) in [5.74, 6) is 0.592. The van der Waals surface area contributed by atoms with Crippen LogP contribution in [-0.2, 0) is 5.41 Å². The van der Waals surface area contributed by atoms with Gasteiger partial charge >= 0.3 is 0 Å². The van der Waals surface area contributed by atoms with Gasteiger partial charge in [0.15, 0.2) is 0 Å². The zero-order chi connectivity index (χ0) is 42.5. The van der Waals surface area contributed by atoms with E-state index >= 15 is 0 Å². The third-order valence-electron chi connectivity index (χ3n) is 14.3. The second-order valence-corrected chi connectivity index (χ2v) is 17.8. The van der Waals surface area contributed by atoms with Gasteiger partial charge in [-0.05, 0) is 132 Å². The predicted octanol–water partition coefficient (Wildman–Crippen LogP) is 17.2. The fraction of sp³-hybridized carbons (Fsp3) is 0.111. The first-order valence-corrected chi connectivity index (χ1v) is 23.1. The van der Waals surface area contributed by atoms with Crippen LogP contribution in [0.1, 0.15) is 65.8 Å². The molecule has 0 heterocycles. The lowest BCUT2D eigenvalue weighted by Gasteiger charge is -2.34. The second-order valence-electron chi connectivity index (χ2n) is 17.8. The largest absolute Gasteiger partial charge is 0.310 e. The SMILES string of the molecule is c1ccc(C2(c3ccccc3)c3ccccc3-c3ccc(-c4ccc(N(c5ccc6ccccc6c5)c5ccccc5-c5cccc6cccc(C7CCCCC7)c56)cc4)cc32)cc1. The maximum atomic E-state index is 2.47. The van der Waals surface area contributed by atoms with Gasteiger partial charge in [-0.15, -0.1) is 0 Å². The van der Waals surface area contributed by atoms with Gasteiger partial charge in [0, 0.05) is 16.9 Å². The lowest BCUT2D eigenvalue weighted by molar-refractivity contribution is 0.445. The van der Waals surface area contributed by atoms with E-state index in [0.717, 1.165) is 11.4 Å². The van der Waals surface area contributed by atoms with Crippen molar-refractivity contribution in [2.24, 2.45) is 0 Å². The quantitative estimate of drug-likeness (QED) is 0.148. The monoisotopic (exact) mass is 819 g/mol. The minimum Gasteiger partial charge on any atom is -0.310 e. The third-order valence-corrected chi connectivity index (χ3v) is 14.3. The number of nitrogens with zero attached hydrogens (tertiary/aromatic N) is 1. The Balaban J connectivity index is 1.01. The van der Waals surface area contributed by atoms with E-state index in [4.69, 9.17) is 0 Å². The molecule has 0 saturated heterocycles. The molecule has 1 saturated carbocycles. The lowest BCUT2D eigenvalue weighted by atomic mass is 9.67. The van der Waals surface area contributed by atoms with E-state index in [1.54, 1.807) is 0 Å². The summed E-state index contributed by atoms with van der Waals surface area (Å²) in [6.45, 7) is 0. The van der Waals surface area contributed by atoms with Crippen molar-refractivity contribution in [1.29, 1.82) is 0 Å². The Labute approximate surface area is 376 Å². The molecule has 0 N–H and O–H groups in total. The van der Waals surface area contributed by atoms with Gasteiger partial charge in [0.1, 0.15) is 0 Å². The molecule has 1 heteroatoms. The molecule has 10 aromatic rings. The van der Waals surface area contributed by atoms with E-state index in [-0.39, 0.29) is 0 Å². The molecule has 2 aliphatic rings. The summed E-state index contributed by atoms with van der Waals surface area (Å²) >= 11 is 0. The van der Waals surface area contributed by atoms with E-state index in [1.807, 2.05) is 0 Å². The predicted molar refractivity (Wildman–Crippen MR) is 270 cm³/mol. The molecule has 0 bridgehead atoms. The molecule has 0 atom stereocenters. The highest BCUT2D eigenvalue weighted by Gasteiger charge is 2.46. The fourth-order valence-electron chi connectivity index (χ4n) is 11.4. The van der Waals surface area contributed by atoms with Crippen LogP contribution in [0.3, 0.4) is 0 Å². The summed E-state index contributed by atoms with van der Waals surface area (Å²) in [5.41, 5.74) is 17.2. The number of hydrogen-bond donors (Lipinski definition) is 0. The highest BCUT2D eigenvalue weighted by atomic mass is 15.1. The van der Waals surface area contributed by atoms with Gasteiger partial charge < -0.3 is 4.90 Å². The van der Waals surface area contributed by atoms with Crippen molar-refractivity contribution in [2.75, 3.05) is 4.90 Å². The van der Waals surface area contributed by atoms with Crippen LogP contribution in [0, 0.1) is 0 Å². The Morgan fingerprint density at radius 1 is 0.359 bits per heavy atom. The number of benzene rings is 10. The number of fused-ring (bicyclic) bond motifs is 5. The van der Waals surface area contributed by atoms with Crippen LogP contribution in [0.25, 0.3) is 54.9 Å². The molecule has 0 aliphatic heterocycles. The molecule has 0 spiro atoms. The highest BCUT2D eigenvalue weighted by Crippen LogP contribution is 2.57. The zero-order valence-corrected chi connectivity index (χ0v) is 36.0. The average molecular weight is 820 g/mol. The molecule has 2 aliphatic carbocycles. The molecule has 306 valence electrons. The Morgan fingerprint density at radius 3 is 1.70 bits per heavy atom. The molecule has 0 radical (unpaired) electrons. The van der Waals surface area contributed by atoms with Crippen molar-refractivity contribution in [2.45, 2.75) is 43.4 Å². The van der Waals surface area contributed by atoms with Gasteiger partial charge in [0.05, 0.1) is 11.1 Å². The maximum Gasteiger partial charge on any atom is 0.0713 e. The smallest absolute Gasteiger partial charge is 0.0713 e. The molecular weight excluding hydrogens is 771 g/mol. The van der Waals surface area contributed by atoms with Crippen LogP contribution < -0.4 is 4.90 Å². The molecule has 0 aromatic heterocycles. The van der Waals surface area contributed by atoms with Crippen molar-refractivity contribution in [3.8, 4) is 33.4 Å². The van der Waals surface area contributed by atoms with Crippen LogP contribution in [0.15, 0.2) is 231 Å². The molecular formula is C63H49N. The zero-order valence-electron chi connectivity index (χ0n) is 36.0. The van der Waals surface area contributed by atoms with E-state index in [0.29, 0.717) is 5.92 Å². The van der Waals surface area contributed by atoms with Gasteiger partial charge in [-0.1, -0.05) is 213 Å². The normalized spacial score (nSPS) is 14.3. The van der Waals surface area contributed by atoms with Gasteiger partial charge in [-0.3, -0.25) is 0 Å². The van der Waals surface area contributed by atoms with Crippen molar-refractivity contribution >= 4 is 38.6 Å². The third kappa shape index (κ3) is 6.29. The second kappa shape index (κ2) is 16.0. The van der Waals surface area contributed by atoms with Gasteiger partial charge in [-0.2, -0.15) is 0 Å². The first kappa shape index (κ1) is 38.2. The summed E-state index contributed by atoms with van der Waals surface area (Å²) in [6, 6.07) is 86.1. The van der Waals surface area contributed by atoms with Gasteiger partial charge in [0.25, 0.3) is 0 Å². The van der Waals surface area contributed by atoms with Crippen LogP contribution in [0.2, 0.25) is 0 Å². The molecule has 12 rings (SSSR count). The minimum atomic E-state index is -0.445. The van der Waals surface area contributed by atoms with E-state index in [1.165, 1.54) is 121 Å². The number of anilines is 3. The summed E-state index contributed by atoms with van der Waals surface area (Å²) in [6.07, 6.45) is 6.50. The van der Waals surface area contributed by atoms with Crippen molar-refractivity contribution < 1.29 is 0 Å². The van der Waals surface area contributed by atoms with Crippen LogP contribution in [-0.4, -0.2) is 0 Å². The number of para-hydroxylation sites is 1. The summed E-state index contributed by atoms with van der Waals surface area (Å²) in [7, 11) is 0. The highest BCUT2D eigenvalue weighted by molar-refractivity contribution is 6.04. The Hall–Kier alpha value is -7.48. The Morgan fingerprint density at radius 2 is 0.938 bits per heavy atom. The maximum absolute atomic E-state index is 2.47. The molecule has 1 nitrogen and oxygen atoms in total. The number of hydrogen-bond acceptors (Lipinski definition) is 1. The van der Waals surface area contributed by atoms with E-state index in [9.17, 15) is 0 Å². The molecule has 1 fully saturated rings. The Kier molecular flexibility index (Phi) is 9.56. The van der Waals surface area contributed by atoms with Gasteiger partial charge in [-0.25, -0.2) is 0 Å². The number of rotatable bonds is 8. The van der Waals surface area contributed by atoms with Gasteiger partial charge in [0.2, 0.25) is 0 Å².